The zero-order valence-corrected chi connectivity index (χ0v) is 28.2. The van der Waals surface area contributed by atoms with Crippen molar-refractivity contribution in [2.45, 2.75) is 180 Å². The Morgan fingerprint density at radius 2 is 0.953 bits per heavy atom. The summed E-state index contributed by atoms with van der Waals surface area (Å²) in [7, 11) is 0. The van der Waals surface area contributed by atoms with E-state index in [9.17, 15) is 14.7 Å². The molecule has 0 radical (unpaired) electrons. The fourth-order valence-corrected chi connectivity index (χ4v) is 4.92. The number of hydrogen-bond acceptors (Lipinski definition) is 5. The Morgan fingerprint density at radius 1 is 0.535 bits per heavy atom. The summed E-state index contributed by atoms with van der Waals surface area (Å²) in [5.41, 5.74) is 0. The Bertz CT molecular complexity index is 696. The third-order valence-corrected chi connectivity index (χ3v) is 7.69. The Hall–Kier alpha value is -1.88. The highest BCUT2D eigenvalue weighted by atomic mass is 16.6. The summed E-state index contributed by atoms with van der Waals surface area (Å²) >= 11 is 0. The Kier molecular flexibility index (Phi) is 33.1. The largest absolute Gasteiger partial charge is 0.462 e. The summed E-state index contributed by atoms with van der Waals surface area (Å²) in [6.07, 6.45) is 40.6. The van der Waals surface area contributed by atoms with Crippen molar-refractivity contribution in [3.63, 3.8) is 0 Å². The topological polar surface area (TPSA) is 72.8 Å². The van der Waals surface area contributed by atoms with Crippen molar-refractivity contribution in [2.75, 3.05) is 13.2 Å². The van der Waals surface area contributed by atoms with Crippen LogP contribution in [0.5, 0.6) is 0 Å². The molecular formula is C38H68O5. The lowest BCUT2D eigenvalue weighted by Gasteiger charge is -2.15. The minimum Gasteiger partial charge on any atom is -0.462 e. The summed E-state index contributed by atoms with van der Waals surface area (Å²) < 4.78 is 10.5. The number of ether oxygens (including phenoxy) is 2. The maximum atomic E-state index is 12.1. The van der Waals surface area contributed by atoms with Crippen LogP contribution in [0.4, 0.5) is 0 Å². The van der Waals surface area contributed by atoms with Gasteiger partial charge in [-0.25, -0.2) is 0 Å². The van der Waals surface area contributed by atoms with Gasteiger partial charge >= 0.3 is 11.9 Å². The minimum absolute atomic E-state index is 0.0835. The third-order valence-electron chi connectivity index (χ3n) is 7.69. The number of unbranched alkanes of at least 4 members (excludes halogenated alkanes) is 18. The Morgan fingerprint density at radius 3 is 1.47 bits per heavy atom. The van der Waals surface area contributed by atoms with Crippen LogP contribution in [0.15, 0.2) is 36.5 Å². The summed E-state index contributed by atoms with van der Waals surface area (Å²) in [4.78, 5) is 24.1. The summed E-state index contributed by atoms with van der Waals surface area (Å²) in [6.45, 7) is 4.07. The van der Waals surface area contributed by atoms with Crippen LogP contribution in [0, 0.1) is 0 Å². The van der Waals surface area contributed by atoms with Crippen LogP contribution in [0.3, 0.4) is 0 Å². The number of allylic oxidation sites excluding steroid dienone is 6. The number of esters is 2. The van der Waals surface area contributed by atoms with E-state index in [1.54, 1.807) is 0 Å². The van der Waals surface area contributed by atoms with Crippen molar-refractivity contribution < 1.29 is 24.2 Å². The van der Waals surface area contributed by atoms with Crippen molar-refractivity contribution in [3.05, 3.63) is 36.5 Å². The Balaban J connectivity index is 3.67. The molecule has 250 valence electrons. The molecule has 0 spiro atoms. The van der Waals surface area contributed by atoms with E-state index in [0.29, 0.717) is 12.8 Å². The second-order valence-corrected chi connectivity index (χ2v) is 12.0. The van der Waals surface area contributed by atoms with Crippen LogP contribution in [-0.4, -0.2) is 36.4 Å². The van der Waals surface area contributed by atoms with E-state index in [4.69, 9.17) is 9.47 Å². The van der Waals surface area contributed by atoms with Crippen LogP contribution < -0.4 is 0 Å². The minimum atomic E-state index is -0.793. The van der Waals surface area contributed by atoms with E-state index in [0.717, 1.165) is 38.5 Å². The van der Waals surface area contributed by atoms with E-state index in [1.165, 1.54) is 103 Å². The zero-order valence-electron chi connectivity index (χ0n) is 28.2. The van der Waals surface area contributed by atoms with E-state index in [2.05, 4.69) is 50.3 Å². The third kappa shape index (κ3) is 32.9. The van der Waals surface area contributed by atoms with Gasteiger partial charge in [-0.3, -0.25) is 9.59 Å². The average Bonchev–Trinajstić information content (AvgIpc) is 3.01. The first kappa shape index (κ1) is 41.1. The predicted molar refractivity (Wildman–Crippen MR) is 182 cm³/mol. The van der Waals surface area contributed by atoms with Crippen LogP contribution in [-0.2, 0) is 19.1 Å². The molecule has 0 aromatic heterocycles. The molecule has 0 saturated carbocycles. The lowest BCUT2D eigenvalue weighted by molar-refractivity contribution is -0.161. The van der Waals surface area contributed by atoms with Crippen molar-refractivity contribution in [1.82, 2.24) is 0 Å². The summed E-state index contributed by atoms with van der Waals surface area (Å²) in [5.74, 6) is -0.651. The van der Waals surface area contributed by atoms with Gasteiger partial charge in [-0.1, -0.05) is 153 Å². The number of aliphatic hydroxyl groups excluding tert-OH is 1. The fraction of sp³-hybridized carbons (Fsp3) is 0.789. The van der Waals surface area contributed by atoms with Gasteiger partial charge in [-0.2, -0.15) is 0 Å². The molecule has 0 saturated heterocycles. The SMILES string of the molecule is CCCCCCCCC=CCC=CCC=CCCCC(=O)OC(CO)COC(=O)CCCCCCCCCCCCCC. The van der Waals surface area contributed by atoms with Crippen LogP contribution >= 0.6 is 0 Å². The normalized spacial score (nSPS) is 12.5. The molecule has 5 heteroatoms. The standard InChI is InChI=1S/C38H68O5/c1-3-5-7-9-11-13-15-17-18-19-20-21-23-25-27-29-31-33-38(41)43-36(34-39)35-42-37(40)32-30-28-26-24-22-16-14-12-10-8-6-4-2/h17-18,20-21,25,27,36,39H,3-16,19,22-24,26,28-35H2,1-2H3. The van der Waals surface area contributed by atoms with Gasteiger partial charge in [-0.15, -0.1) is 0 Å². The monoisotopic (exact) mass is 605 g/mol. The molecule has 0 aromatic rings. The molecule has 0 aliphatic rings. The summed E-state index contributed by atoms with van der Waals surface area (Å²) in [5, 5.41) is 9.51. The Labute approximate surface area is 266 Å². The molecule has 1 N–H and O–H groups in total. The van der Waals surface area contributed by atoms with E-state index in [1.807, 2.05) is 0 Å². The number of hydrogen-bond donors (Lipinski definition) is 1. The molecule has 0 aromatic carbocycles. The van der Waals surface area contributed by atoms with Gasteiger partial charge < -0.3 is 14.6 Å². The molecule has 0 fully saturated rings. The number of rotatable bonds is 32. The van der Waals surface area contributed by atoms with Crippen molar-refractivity contribution in [3.8, 4) is 0 Å². The molecule has 5 nitrogen and oxygen atoms in total. The quantitative estimate of drug-likeness (QED) is 0.0470. The first-order chi connectivity index (χ1) is 21.1. The molecule has 1 atom stereocenters. The van der Waals surface area contributed by atoms with Crippen LogP contribution in [0.1, 0.15) is 174 Å². The highest BCUT2D eigenvalue weighted by Crippen LogP contribution is 2.13. The molecule has 0 aliphatic heterocycles. The van der Waals surface area contributed by atoms with Gasteiger partial charge in [0.25, 0.3) is 0 Å². The molecule has 0 amide bonds. The number of carbonyl (C=O) groups is 2. The molecular weight excluding hydrogens is 536 g/mol. The van der Waals surface area contributed by atoms with Crippen molar-refractivity contribution >= 4 is 11.9 Å². The van der Waals surface area contributed by atoms with E-state index in [-0.39, 0.29) is 31.6 Å². The molecule has 0 heterocycles. The van der Waals surface area contributed by atoms with E-state index < -0.39 is 6.10 Å². The molecule has 1 unspecified atom stereocenters. The smallest absolute Gasteiger partial charge is 0.306 e. The molecule has 43 heavy (non-hydrogen) atoms. The van der Waals surface area contributed by atoms with Gasteiger partial charge in [0.1, 0.15) is 6.61 Å². The maximum Gasteiger partial charge on any atom is 0.306 e. The molecule has 0 rings (SSSR count). The van der Waals surface area contributed by atoms with Gasteiger partial charge in [-0.05, 0) is 44.9 Å². The fourth-order valence-electron chi connectivity index (χ4n) is 4.92. The first-order valence-corrected chi connectivity index (χ1v) is 18.0. The van der Waals surface area contributed by atoms with Gasteiger partial charge in [0, 0.05) is 12.8 Å². The predicted octanol–water partition coefficient (Wildman–Crippen LogP) is 10.9. The number of aliphatic hydroxyl groups is 1. The summed E-state index contributed by atoms with van der Waals surface area (Å²) in [6, 6.07) is 0. The van der Waals surface area contributed by atoms with Crippen molar-refractivity contribution in [2.24, 2.45) is 0 Å². The van der Waals surface area contributed by atoms with Gasteiger partial charge in [0.15, 0.2) is 6.10 Å². The van der Waals surface area contributed by atoms with E-state index >= 15 is 0 Å². The zero-order chi connectivity index (χ0) is 31.5. The van der Waals surface area contributed by atoms with Gasteiger partial charge in [0.2, 0.25) is 0 Å². The average molecular weight is 605 g/mol. The first-order valence-electron chi connectivity index (χ1n) is 18.0. The van der Waals surface area contributed by atoms with Crippen LogP contribution in [0.2, 0.25) is 0 Å². The lowest BCUT2D eigenvalue weighted by Crippen LogP contribution is -2.28. The highest BCUT2D eigenvalue weighted by molar-refractivity contribution is 5.70. The maximum absolute atomic E-state index is 12.1. The number of carbonyl (C=O) groups excluding carboxylic acids is 2. The lowest BCUT2D eigenvalue weighted by atomic mass is 10.0. The van der Waals surface area contributed by atoms with Gasteiger partial charge in [0.05, 0.1) is 6.61 Å². The van der Waals surface area contributed by atoms with Crippen molar-refractivity contribution in [1.29, 1.82) is 0 Å². The second kappa shape index (κ2) is 34.6. The van der Waals surface area contributed by atoms with Crippen LogP contribution in [0.25, 0.3) is 0 Å². The highest BCUT2D eigenvalue weighted by Gasteiger charge is 2.15. The molecule has 0 aliphatic carbocycles. The second-order valence-electron chi connectivity index (χ2n) is 12.0. The molecule has 0 bridgehead atoms.